The molecule has 1 aromatic heterocycles. The number of hydrogen-bond donors (Lipinski definition) is 2. The second-order valence-electron chi connectivity index (χ2n) is 7.17. The Bertz CT molecular complexity index is 975. The maximum absolute atomic E-state index is 12.5. The number of carbonyl (C=O) groups excluding carboxylic acids is 1. The first-order chi connectivity index (χ1) is 13.1. The highest BCUT2D eigenvalue weighted by Crippen LogP contribution is 2.20. The molecule has 6 heteroatoms. The monoisotopic (exact) mass is 474 g/mol. The van der Waals surface area contributed by atoms with Crippen molar-refractivity contribution in [3.8, 4) is 0 Å². The van der Waals surface area contributed by atoms with E-state index < -0.39 is 0 Å². The van der Waals surface area contributed by atoms with Gasteiger partial charge in [0.05, 0.1) is 17.6 Å². The molecule has 0 saturated carbocycles. The van der Waals surface area contributed by atoms with Crippen molar-refractivity contribution in [1.29, 1.82) is 0 Å². The van der Waals surface area contributed by atoms with Gasteiger partial charge in [-0.25, -0.2) is 4.98 Å². The van der Waals surface area contributed by atoms with E-state index in [1.165, 1.54) is 24.8 Å². The zero-order valence-electron chi connectivity index (χ0n) is 15.4. The molecule has 27 heavy (non-hydrogen) atoms. The maximum Gasteiger partial charge on any atom is 0.255 e. The minimum absolute atomic E-state index is 0.0969. The molecule has 3 aromatic rings. The third kappa shape index (κ3) is 4.32. The molecule has 2 heterocycles. The molecule has 0 spiro atoms. The Labute approximate surface area is 172 Å². The second-order valence-corrected chi connectivity index (χ2v) is 8.33. The van der Waals surface area contributed by atoms with Crippen LogP contribution in [0.1, 0.15) is 41.0 Å². The van der Waals surface area contributed by atoms with E-state index in [1.807, 2.05) is 43.3 Å². The number of benzene rings is 2. The molecule has 0 aliphatic carbocycles. The first kappa shape index (κ1) is 18.4. The number of halogens is 1. The number of hydrogen-bond acceptors (Lipinski definition) is 3. The summed E-state index contributed by atoms with van der Waals surface area (Å²) >= 11 is 2.25. The molecular weight excluding hydrogens is 451 g/mol. The number of piperidine rings is 1. The summed E-state index contributed by atoms with van der Waals surface area (Å²) in [5.74, 6) is 0.892. The minimum atomic E-state index is -0.0969. The minimum Gasteiger partial charge on any atom is -0.341 e. The van der Waals surface area contributed by atoms with Gasteiger partial charge in [-0.05, 0) is 91.3 Å². The summed E-state index contributed by atoms with van der Waals surface area (Å²) in [6, 6.07) is 11.6. The van der Waals surface area contributed by atoms with Gasteiger partial charge in [-0.3, -0.25) is 9.69 Å². The maximum atomic E-state index is 12.5. The Morgan fingerprint density at radius 3 is 2.78 bits per heavy atom. The Morgan fingerprint density at radius 2 is 2.00 bits per heavy atom. The van der Waals surface area contributed by atoms with E-state index in [2.05, 4.69) is 37.8 Å². The number of aromatic amines is 1. The molecule has 1 saturated heterocycles. The van der Waals surface area contributed by atoms with Crippen molar-refractivity contribution in [3.05, 3.63) is 56.9 Å². The molecule has 1 fully saturated rings. The number of H-pyrrole nitrogens is 1. The molecule has 0 radical (unpaired) electrons. The number of likely N-dealkylation sites (tertiary alicyclic amines) is 1. The lowest BCUT2D eigenvalue weighted by Crippen LogP contribution is -2.29. The fraction of sp³-hybridized carbons (Fsp3) is 0.333. The summed E-state index contributed by atoms with van der Waals surface area (Å²) in [5, 5.41) is 2.99. The average molecular weight is 474 g/mol. The Hall–Kier alpha value is -1.93. The van der Waals surface area contributed by atoms with Crippen LogP contribution in [0, 0.1) is 10.5 Å². The number of nitrogens with zero attached hydrogens (tertiary/aromatic N) is 2. The predicted octanol–water partition coefficient (Wildman–Crippen LogP) is 4.71. The van der Waals surface area contributed by atoms with Crippen LogP contribution >= 0.6 is 22.6 Å². The number of amides is 1. The normalized spacial score (nSPS) is 15.2. The SMILES string of the molecule is Cc1ccc(C(=O)Nc2ccc3nc(CN4CCCCC4)[nH]c3c2)cc1I. The van der Waals surface area contributed by atoms with E-state index in [0.717, 1.165) is 45.7 Å². The Kier molecular flexibility index (Phi) is 5.45. The highest BCUT2D eigenvalue weighted by atomic mass is 127. The molecule has 1 aliphatic heterocycles. The van der Waals surface area contributed by atoms with E-state index in [1.54, 1.807) is 0 Å². The van der Waals surface area contributed by atoms with Gasteiger partial charge in [-0.15, -0.1) is 0 Å². The first-order valence-electron chi connectivity index (χ1n) is 9.37. The second kappa shape index (κ2) is 7.98. The third-order valence-electron chi connectivity index (χ3n) is 5.04. The van der Waals surface area contributed by atoms with E-state index in [-0.39, 0.29) is 5.91 Å². The number of nitrogens with one attached hydrogen (secondary N) is 2. The van der Waals surface area contributed by atoms with E-state index in [0.29, 0.717) is 5.56 Å². The van der Waals surface area contributed by atoms with Gasteiger partial charge in [-0.2, -0.15) is 0 Å². The Balaban J connectivity index is 1.49. The molecule has 5 nitrogen and oxygen atoms in total. The van der Waals surface area contributed by atoms with Crippen LogP contribution in [0.3, 0.4) is 0 Å². The van der Waals surface area contributed by atoms with Crippen LogP contribution in [-0.4, -0.2) is 33.9 Å². The van der Waals surface area contributed by atoms with E-state index in [4.69, 9.17) is 4.98 Å². The lowest BCUT2D eigenvalue weighted by molar-refractivity contribution is 0.102. The molecule has 0 atom stereocenters. The molecular formula is C21H23IN4O. The summed E-state index contributed by atoms with van der Waals surface area (Å²) in [5.41, 5.74) is 4.51. The van der Waals surface area contributed by atoms with Gasteiger partial charge < -0.3 is 10.3 Å². The highest BCUT2D eigenvalue weighted by molar-refractivity contribution is 14.1. The number of carbonyl (C=O) groups is 1. The average Bonchev–Trinajstić information content (AvgIpc) is 3.06. The quantitative estimate of drug-likeness (QED) is 0.539. The van der Waals surface area contributed by atoms with Crippen molar-refractivity contribution in [2.24, 2.45) is 0 Å². The molecule has 4 rings (SSSR count). The van der Waals surface area contributed by atoms with Gasteiger partial charge in [0.15, 0.2) is 0 Å². The van der Waals surface area contributed by atoms with Crippen LogP contribution in [0.25, 0.3) is 11.0 Å². The fourth-order valence-corrected chi connectivity index (χ4v) is 4.00. The molecule has 140 valence electrons. The fourth-order valence-electron chi connectivity index (χ4n) is 3.48. The summed E-state index contributed by atoms with van der Waals surface area (Å²) in [4.78, 5) is 23.1. The molecule has 2 aromatic carbocycles. The largest absolute Gasteiger partial charge is 0.341 e. The zero-order valence-corrected chi connectivity index (χ0v) is 17.5. The van der Waals surface area contributed by atoms with Crippen LogP contribution < -0.4 is 5.32 Å². The summed E-state index contributed by atoms with van der Waals surface area (Å²) in [7, 11) is 0. The number of fused-ring (bicyclic) bond motifs is 1. The van der Waals surface area contributed by atoms with Crippen molar-refractivity contribution in [1.82, 2.24) is 14.9 Å². The Morgan fingerprint density at radius 1 is 1.19 bits per heavy atom. The molecule has 1 aliphatic rings. The van der Waals surface area contributed by atoms with Crippen molar-refractivity contribution in [2.75, 3.05) is 18.4 Å². The standard InChI is InChI=1S/C21H23IN4O/c1-14-5-6-15(11-17(14)22)21(27)23-16-7-8-18-19(12-16)25-20(24-18)13-26-9-3-2-4-10-26/h5-8,11-12H,2-4,9-10,13H2,1H3,(H,23,27)(H,24,25). The lowest BCUT2D eigenvalue weighted by Gasteiger charge is -2.25. The molecule has 0 unspecified atom stereocenters. The van der Waals surface area contributed by atoms with E-state index >= 15 is 0 Å². The van der Waals surface area contributed by atoms with Gasteiger partial charge in [0.25, 0.3) is 5.91 Å². The van der Waals surface area contributed by atoms with Crippen LogP contribution in [-0.2, 0) is 6.54 Å². The first-order valence-corrected chi connectivity index (χ1v) is 10.4. The number of rotatable bonds is 4. The number of aromatic nitrogens is 2. The van der Waals surface area contributed by atoms with E-state index in [9.17, 15) is 4.79 Å². The summed E-state index contributed by atoms with van der Waals surface area (Å²) in [6.45, 7) is 5.19. The highest BCUT2D eigenvalue weighted by Gasteiger charge is 2.13. The predicted molar refractivity (Wildman–Crippen MR) is 117 cm³/mol. The summed E-state index contributed by atoms with van der Waals surface area (Å²) in [6.07, 6.45) is 3.88. The van der Waals surface area contributed by atoms with Crippen molar-refractivity contribution >= 4 is 45.2 Å². The molecule has 2 N–H and O–H groups in total. The van der Waals surface area contributed by atoms with Crippen molar-refractivity contribution in [2.45, 2.75) is 32.7 Å². The third-order valence-corrected chi connectivity index (χ3v) is 6.21. The number of anilines is 1. The van der Waals surface area contributed by atoms with Gasteiger partial charge in [0.1, 0.15) is 5.82 Å². The van der Waals surface area contributed by atoms with Crippen molar-refractivity contribution < 1.29 is 4.79 Å². The lowest BCUT2D eigenvalue weighted by atomic mass is 10.1. The molecule has 1 amide bonds. The van der Waals surface area contributed by atoms with Gasteiger partial charge in [-0.1, -0.05) is 12.5 Å². The summed E-state index contributed by atoms with van der Waals surface area (Å²) < 4.78 is 1.09. The van der Waals surface area contributed by atoms with Crippen LogP contribution in [0.5, 0.6) is 0 Å². The number of imidazole rings is 1. The van der Waals surface area contributed by atoms with Crippen LogP contribution in [0.2, 0.25) is 0 Å². The van der Waals surface area contributed by atoms with Crippen LogP contribution in [0.4, 0.5) is 5.69 Å². The van der Waals surface area contributed by atoms with Gasteiger partial charge >= 0.3 is 0 Å². The van der Waals surface area contributed by atoms with Gasteiger partial charge in [0, 0.05) is 14.8 Å². The molecule has 0 bridgehead atoms. The van der Waals surface area contributed by atoms with Gasteiger partial charge in [0.2, 0.25) is 0 Å². The zero-order chi connectivity index (χ0) is 18.8. The smallest absolute Gasteiger partial charge is 0.255 e. The topological polar surface area (TPSA) is 61.0 Å². The number of aryl methyl sites for hydroxylation is 1. The van der Waals surface area contributed by atoms with Crippen LogP contribution in [0.15, 0.2) is 36.4 Å². The van der Waals surface area contributed by atoms with Crippen molar-refractivity contribution in [3.63, 3.8) is 0 Å².